The number of anilines is 2. The summed E-state index contributed by atoms with van der Waals surface area (Å²) in [5, 5.41) is 1.18. The zero-order valence-electron chi connectivity index (χ0n) is 19.8. The number of hydrogen-bond donors (Lipinski definition) is 1. The fourth-order valence-corrected chi connectivity index (χ4v) is 6.58. The highest BCUT2D eigenvalue weighted by molar-refractivity contribution is 7.92. The van der Waals surface area contributed by atoms with Gasteiger partial charge in [-0.25, -0.2) is 8.42 Å². The molecule has 0 bridgehead atoms. The van der Waals surface area contributed by atoms with E-state index in [2.05, 4.69) is 31.0 Å². The van der Waals surface area contributed by atoms with E-state index in [1.807, 2.05) is 18.2 Å². The minimum absolute atomic E-state index is 0.231. The Morgan fingerprint density at radius 1 is 0.919 bits per heavy atom. The van der Waals surface area contributed by atoms with Crippen LogP contribution in [-0.4, -0.2) is 50.4 Å². The topological polar surface area (TPSA) is 65.5 Å². The molecule has 0 atom stereocenters. The van der Waals surface area contributed by atoms with Crippen molar-refractivity contribution in [2.45, 2.75) is 17.5 Å². The van der Waals surface area contributed by atoms with Gasteiger partial charge in [-0.05, 0) is 59.9 Å². The number of piperazine rings is 1. The number of halogens is 3. The number of aromatic nitrogens is 1. The summed E-state index contributed by atoms with van der Waals surface area (Å²) in [5.41, 5.74) is -0.0598. The van der Waals surface area contributed by atoms with E-state index in [1.54, 1.807) is 12.1 Å². The van der Waals surface area contributed by atoms with Gasteiger partial charge in [-0.3, -0.25) is 9.62 Å². The van der Waals surface area contributed by atoms with E-state index in [0.29, 0.717) is 6.42 Å². The molecule has 1 saturated heterocycles. The van der Waals surface area contributed by atoms with Crippen LogP contribution in [0.4, 0.5) is 24.7 Å². The molecule has 194 valence electrons. The van der Waals surface area contributed by atoms with Gasteiger partial charge in [0.1, 0.15) is 5.82 Å². The van der Waals surface area contributed by atoms with Crippen molar-refractivity contribution < 1.29 is 21.6 Å². The first-order valence-corrected chi connectivity index (χ1v) is 14.1. The number of nitrogens with one attached hydrogen (secondary N) is 1. The van der Waals surface area contributed by atoms with Crippen molar-refractivity contribution in [1.29, 1.82) is 0 Å². The van der Waals surface area contributed by atoms with Gasteiger partial charge in [-0.2, -0.15) is 17.5 Å². The Labute approximate surface area is 217 Å². The molecule has 1 aliphatic heterocycles. The van der Waals surface area contributed by atoms with Gasteiger partial charge >= 0.3 is 6.18 Å². The minimum atomic E-state index is -4.77. The number of hydrogen-bond acceptors (Lipinski definition) is 6. The minimum Gasteiger partial charge on any atom is -0.353 e. The van der Waals surface area contributed by atoms with Crippen LogP contribution in [0.5, 0.6) is 0 Å². The van der Waals surface area contributed by atoms with Gasteiger partial charge < -0.3 is 4.90 Å². The Hall–Kier alpha value is -3.15. The lowest BCUT2D eigenvalue weighted by atomic mass is 10.1. The van der Waals surface area contributed by atoms with E-state index in [4.69, 9.17) is 0 Å². The zero-order chi connectivity index (χ0) is 26.0. The average molecular weight is 547 g/mol. The largest absolute Gasteiger partial charge is 0.417 e. The van der Waals surface area contributed by atoms with Crippen molar-refractivity contribution in [3.8, 4) is 0 Å². The summed E-state index contributed by atoms with van der Waals surface area (Å²) in [4.78, 5) is 3.86. The van der Waals surface area contributed by atoms with E-state index >= 15 is 0 Å². The van der Waals surface area contributed by atoms with Crippen LogP contribution in [0.15, 0.2) is 77.7 Å². The number of fused-ring (bicyclic) bond motifs is 1. The number of alkyl halides is 3. The third-order valence-electron chi connectivity index (χ3n) is 6.41. The molecule has 0 radical (unpaired) electrons. The van der Waals surface area contributed by atoms with Crippen LogP contribution in [0.2, 0.25) is 0 Å². The summed E-state index contributed by atoms with van der Waals surface area (Å²) in [6.45, 7) is 4.29. The van der Waals surface area contributed by atoms with Crippen LogP contribution >= 0.6 is 11.5 Å². The smallest absolute Gasteiger partial charge is 0.353 e. The summed E-state index contributed by atoms with van der Waals surface area (Å²) in [6, 6.07) is 19.2. The molecule has 1 aliphatic rings. The quantitative estimate of drug-likeness (QED) is 0.333. The molecule has 0 unspecified atom stereocenters. The number of benzene rings is 3. The van der Waals surface area contributed by atoms with Gasteiger partial charge in [-0.1, -0.05) is 36.4 Å². The molecular weight excluding hydrogens is 521 g/mol. The predicted molar refractivity (Wildman–Crippen MR) is 141 cm³/mol. The molecule has 4 aromatic rings. The van der Waals surface area contributed by atoms with Gasteiger partial charge in [-0.15, -0.1) is 0 Å². The van der Waals surface area contributed by atoms with E-state index in [1.165, 1.54) is 39.8 Å². The summed E-state index contributed by atoms with van der Waals surface area (Å²) in [6.07, 6.45) is -4.09. The second kappa shape index (κ2) is 10.3. The Morgan fingerprint density at radius 2 is 1.65 bits per heavy atom. The maximum absolute atomic E-state index is 13.3. The Bertz CT molecular complexity index is 1500. The molecule has 11 heteroatoms. The Balaban J connectivity index is 1.20. The molecule has 0 spiro atoms. The summed E-state index contributed by atoms with van der Waals surface area (Å²) >= 11 is 1.51. The zero-order valence-corrected chi connectivity index (χ0v) is 21.4. The second-order valence-electron chi connectivity index (χ2n) is 8.88. The van der Waals surface area contributed by atoms with Crippen LogP contribution in [0, 0.1) is 0 Å². The lowest BCUT2D eigenvalue weighted by Gasteiger charge is -2.35. The first-order valence-electron chi connectivity index (χ1n) is 11.8. The molecule has 0 saturated carbocycles. The second-order valence-corrected chi connectivity index (χ2v) is 11.3. The standard InChI is InChI=1S/C26H25F3N4O2S2/c27-26(28,29)22-9-2-4-11-24(22)37(34,35)31-20-7-5-6-19(18-20)12-13-32-14-16-33(17-15-32)25-21-8-1-3-10-23(21)36-30-25/h1-11,18,31H,12-17H2. The van der Waals surface area contributed by atoms with Gasteiger partial charge in [0.15, 0.2) is 0 Å². The Kier molecular flexibility index (Phi) is 7.11. The molecule has 0 aliphatic carbocycles. The maximum atomic E-state index is 13.3. The van der Waals surface area contributed by atoms with Gasteiger partial charge in [0.05, 0.1) is 15.2 Å². The van der Waals surface area contributed by atoms with Gasteiger partial charge in [0.2, 0.25) is 0 Å². The van der Waals surface area contributed by atoms with Crippen molar-refractivity contribution in [2.75, 3.05) is 42.3 Å². The molecule has 1 aromatic heterocycles. The van der Waals surface area contributed by atoms with Crippen molar-refractivity contribution in [3.63, 3.8) is 0 Å². The molecule has 37 heavy (non-hydrogen) atoms. The maximum Gasteiger partial charge on any atom is 0.417 e. The lowest BCUT2D eigenvalue weighted by Crippen LogP contribution is -2.47. The van der Waals surface area contributed by atoms with Crippen molar-refractivity contribution in [1.82, 2.24) is 9.27 Å². The van der Waals surface area contributed by atoms with E-state index in [-0.39, 0.29) is 5.69 Å². The van der Waals surface area contributed by atoms with Crippen molar-refractivity contribution in [3.05, 3.63) is 83.9 Å². The third kappa shape index (κ3) is 5.73. The molecular formula is C26H25F3N4O2S2. The van der Waals surface area contributed by atoms with Crippen LogP contribution in [0.3, 0.4) is 0 Å². The molecule has 6 nitrogen and oxygen atoms in total. The average Bonchev–Trinajstić information content (AvgIpc) is 3.32. The monoisotopic (exact) mass is 546 g/mol. The van der Waals surface area contributed by atoms with Crippen LogP contribution < -0.4 is 9.62 Å². The highest BCUT2D eigenvalue weighted by Crippen LogP contribution is 2.35. The molecule has 2 heterocycles. The summed E-state index contributed by atoms with van der Waals surface area (Å²) in [5.74, 6) is 1.03. The van der Waals surface area contributed by atoms with E-state index < -0.39 is 26.7 Å². The fraction of sp³-hybridized carbons (Fsp3) is 0.269. The van der Waals surface area contributed by atoms with Crippen molar-refractivity contribution in [2.24, 2.45) is 0 Å². The van der Waals surface area contributed by atoms with Crippen LogP contribution in [0.1, 0.15) is 11.1 Å². The first kappa shape index (κ1) is 25.5. The highest BCUT2D eigenvalue weighted by Gasteiger charge is 2.37. The van der Waals surface area contributed by atoms with Crippen LogP contribution in [-0.2, 0) is 22.6 Å². The molecule has 0 amide bonds. The number of rotatable bonds is 7. The predicted octanol–water partition coefficient (Wildman–Crippen LogP) is 5.48. The molecule has 1 fully saturated rings. The lowest BCUT2D eigenvalue weighted by molar-refractivity contribution is -0.139. The van der Waals surface area contributed by atoms with Gasteiger partial charge in [0.25, 0.3) is 10.0 Å². The van der Waals surface area contributed by atoms with Crippen molar-refractivity contribution >= 4 is 43.1 Å². The summed E-state index contributed by atoms with van der Waals surface area (Å²) < 4.78 is 73.7. The van der Waals surface area contributed by atoms with Gasteiger partial charge in [0, 0.05) is 43.8 Å². The van der Waals surface area contributed by atoms with E-state index in [9.17, 15) is 21.6 Å². The SMILES string of the molecule is O=S(=O)(Nc1cccc(CCN2CCN(c3nsc4ccccc34)CC2)c1)c1ccccc1C(F)(F)F. The third-order valence-corrected chi connectivity index (χ3v) is 8.66. The fourth-order valence-electron chi connectivity index (χ4n) is 4.51. The molecule has 5 rings (SSSR count). The molecule has 1 N–H and O–H groups in total. The highest BCUT2D eigenvalue weighted by atomic mass is 32.2. The first-order chi connectivity index (χ1) is 17.7. The summed E-state index contributed by atoms with van der Waals surface area (Å²) in [7, 11) is -4.41. The number of nitrogens with zero attached hydrogens (tertiary/aromatic N) is 3. The Morgan fingerprint density at radius 3 is 2.43 bits per heavy atom. The van der Waals surface area contributed by atoms with E-state index in [0.717, 1.165) is 56.2 Å². The van der Waals surface area contributed by atoms with Crippen LogP contribution in [0.25, 0.3) is 10.1 Å². The molecule has 3 aromatic carbocycles. The number of sulfonamides is 1. The normalized spacial score (nSPS) is 15.3.